The highest BCUT2D eigenvalue weighted by molar-refractivity contribution is 7.80. The summed E-state index contributed by atoms with van der Waals surface area (Å²) in [6.07, 6.45) is 4.31. The van der Waals surface area contributed by atoms with E-state index in [0.717, 1.165) is 71.7 Å². The molecule has 0 saturated carbocycles. The monoisotopic (exact) mass is 959 g/mol. The maximum absolute atomic E-state index is 12.5. The standard InChI is InChI=1S/C17H24N2O3.C17H22N2O2S.C17H24N2O2S.CH4/c1-12-8-5-6-9-13(12)18-15(20)14-10-7-11-19(14)16(21)22-17(2,3)4;1-11-7-5-9-13-14(11)18-15(22-13)12-8-6-10-19(12)16(20)21-17(2,3)4;1-12-8-5-6-9-13(12)18-15(22)14-10-7-11-19(14)16(20)21-17(2,3)4;/h5-6,8-9,14H,7,10-11H2,1-4H3,(H,18,20);5,7,9,12H,6,8,10H2,1-4H3;5-6,8-9,14H,7,10-11H2,1-4H3,(H,18,22);1H4/t14-;12-;14-;/m000./s1. The van der Waals surface area contributed by atoms with E-state index in [-0.39, 0.29) is 37.6 Å². The number of amides is 4. The van der Waals surface area contributed by atoms with E-state index in [0.29, 0.717) is 24.5 Å². The highest BCUT2D eigenvalue weighted by atomic mass is 32.1. The molecule has 3 saturated heterocycles. The number of thiazole rings is 1. The van der Waals surface area contributed by atoms with Crippen molar-refractivity contribution in [2.75, 3.05) is 30.3 Å². The Bertz CT molecular complexity index is 2250. The molecule has 0 bridgehead atoms. The molecule has 3 atom stereocenters. The van der Waals surface area contributed by atoms with Gasteiger partial charge >= 0.3 is 18.3 Å². The van der Waals surface area contributed by atoms with E-state index in [1.54, 1.807) is 16.2 Å². The zero-order valence-electron chi connectivity index (χ0n) is 40.9. The fourth-order valence-corrected chi connectivity index (χ4v) is 9.37. The van der Waals surface area contributed by atoms with E-state index in [4.69, 9.17) is 31.4 Å². The number of carbonyl (C=O) groups excluding carboxylic acids is 4. The number of hydrogen-bond acceptors (Lipinski definition) is 10. The normalized spacial score (nSPS) is 18.1. The number of thiocarbonyl (C=S) groups is 1. The van der Waals surface area contributed by atoms with Gasteiger partial charge < -0.3 is 24.8 Å². The molecule has 3 aromatic carbocycles. The summed E-state index contributed by atoms with van der Waals surface area (Å²) < 4.78 is 17.6. The van der Waals surface area contributed by atoms with Crippen LogP contribution in [0.3, 0.4) is 0 Å². The first kappa shape index (κ1) is 54.3. The van der Waals surface area contributed by atoms with Crippen LogP contribution >= 0.6 is 23.6 Å². The topological polar surface area (TPSA) is 143 Å². The third kappa shape index (κ3) is 15.6. The highest BCUT2D eigenvalue weighted by Crippen LogP contribution is 2.38. The molecule has 3 aliphatic heterocycles. The van der Waals surface area contributed by atoms with E-state index in [1.165, 1.54) is 15.2 Å². The van der Waals surface area contributed by atoms with Gasteiger partial charge in [-0.25, -0.2) is 19.4 Å². The minimum absolute atomic E-state index is 0. The van der Waals surface area contributed by atoms with Crippen molar-refractivity contribution in [3.05, 3.63) is 88.4 Å². The van der Waals surface area contributed by atoms with Gasteiger partial charge in [0, 0.05) is 31.0 Å². The lowest BCUT2D eigenvalue weighted by Gasteiger charge is -2.29. The van der Waals surface area contributed by atoms with Gasteiger partial charge in [0.25, 0.3) is 0 Å². The molecule has 4 heterocycles. The first-order chi connectivity index (χ1) is 30.9. The number of anilines is 2. The molecule has 0 aliphatic carbocycles. The molecule has 15 heteroatoms. The zero-order chi connectivity index (χ0) is 48.6. The number of rotatable bonds is 5. The van der Waals surface area contributed by atoms with Crippen molar-refractivity contribution in [2.24, 2.45) is 0 Å². The number of nitrogens with zero attached hydrogens (tertiary/aromatic N) is 4. The van der Waals surface area contributed by atoms with Crippen LogP contribution in [0, 0.1) is 20.8 Å². The first-order valence-electron chi connectivity index (χ1n) is 23.0. The number of fused-ring (bicyclic) bond motifs is 1. The summed E-state index contributed by atoms with van der Waals surface area (Å²) >= 11 is 7.22. The van der Waals surface area contributed by atoms with E-state index in [2.05, 4.69) is 35.8 Å². The Morgan fingerprint density at radius 1 is 0.597 bits per heavy atom. The number of aromatic nitrogens is 1. The van der Waals surface area contributed by atoms with Gasteiger partial charge in [0.05, 0.1) is 22.3 Å². The number of ether oxygens (including phenoxy) is 3. The second kappa shape index (κ2) is 23.1. The Hall–Kier alpha value is -5.28. The molecule has 0 radical (unpaired) electrons. The van der Waals surface area contributed by atoms with Crippen LogP contribution in [-0.2, 0) is 19.0 Å². The van der Waals surface area contributed by atoms with Gasteiger partial charge in [0.2, 0.25) is 5.91 Å². The van der Waals surface area contributed by atoms with Gasteiger partial charge in [-0.3, -0.25) is 19.5 Å². The zero-order valence-corrected chi connectivity index (χ0v) is 42.5. The van der Waals surface area contributed by atoms with E-state index in [1.807, 2.05) is 130 Å². The van der Waals surface area contributed by atoms with Gasteiger partial charge in [-0.1, -0.05) is 68.2 Å². The average molecular weight is 959 g/mol. The van der Waals surface area contributed by atoms with Crippen LogP contribution in [0.4, 0.5) is 25.8 Å². The minimum Gasteiger partial charge on any atom is -0.444 e. The van der Waals surface area contributed by atoms with Crippen LogP contribution in [0.5, 0.6) is 0 Å². The summed E-state index contributed by atoms with van der Waals surface area (Å²) in [7, 11) is 0. The predicted molar refractivity (Wildman–Crippen MR) is 275 cm³/mol. The first-order valence-corrected chi connectivity index (χ1v) is 24.2. The number of nitrogens with one attached hydrogen (secondary N) is 2. The molecular formula is C52H74N6O7S2. The molecule has 13 nitrogen and oxygen atoms in total. The van der Waals surface area contributed by atoms with Crippen LogP contribution in [0.25, 0.3) is 10.2 Å². The van der Waals surface area contributed by atoms with Crippen molar-refractivity contribution in [3.8, 4) is 0 Å². The number of benzene rings is 3. The lowest BCUT2D eigenvalue weighted by Crippen LogP contribution is -2.45. The molecule has 7 rings (SSSR count). The Morgan fingerprint density at radius 3 is 1.54 bits per heavy atom. The molecule has 1 aromatic heterocycles. The second-order valence-corrected chi connectivity index (χ2v) is 21.6. The van der Waals surface area contributed by atoms with Crippen molar-refractivity contribution in [2.45, 2.75) is 164 Å². The van der Waals surface area contributed by atoms with E-state index in [9.17, 15) is 19.2 Å². The second-order valence-electron chi connectivity index (χ2n) is 20.1. The lowest BCUT2D eigenvalue weighted by atomic mass is 10.1. The lowest BCUT2D eigenvalue weighted by molar-refractivity contribution is -0.120. The average Bonchev–Trinajstić information content (AvgIpc) is 4.05. The Labute approximate surface area is 408 Å². The molecule has 2 N–H and O–H groups in total. The maximum atomic E-state index is 12.5. The fraction of sp³-hybridized carbons (Fsp3) is 0.538. The number of aryl methyl sites for hydroxylation is 3. The summed E-state index contributed by atoms with van der Waals surface area (Å²) in [4.78, 5) is 60.0. The van der Waals surface area contributed by atoms with Gasteiger partial charge in [-0.2, -0.15) is 0 Å². The Balaban J connectivity index is 0.000000218. The summed E-state index contributed by atoms with van der Waals surface area (Å²) in [5.74, 6) is -0.155. The maximum Gasteiger partial charge on any atom is 0.410 e. The largest absolute Gasteiger partial charge is 0.444 e. The molecule has 4 amide bonds. The van der Waals surface area contributed by atoms with Crippen molar-refractivity contribution >= 4 is 74.3 Å². The number of para-hydroxylation sites is 3. The Kier molecular flexibility index (Phi) is 18.8. The van der Waals surface area contributed by atoms with Crippen molar-refractivity contribution in [1.29, 1.82) is 0 Å². The van der Waals surface area contributed by atoms with Crippen LogP contribution in [0.15, 0.2) is 66.7 Å². The molecule has 3 aliphatic rings. The Morgan fingerprint density at radius 2 is 1.03 bits per heavy atom. The van der Waals surface area contributed by atoms with Crippen LogP contribution < -0.4 is 10.6 Å². The summed E-state index contributed by atoms with van der Waals surface area (Å²) in [6, 6.07) is 21.3. The fourth-order valence-electron chi connectivity index (χ4n) is 7.82. The number of likely N-dealkylation sites (tertiary alicyclic amines) is 3. The van der Waals surface area contributed by atoms with Crippen LogP contribution in [-0.4, -0.2) is 97.4 Å². The highest BCUT2D eigenvalue weighted by Gasteiger charge is 2.38. The molecule has 366 valence electrons. The molecule has 67 heavy (non-hydrogen) atoms. The molecule has 0 unspecified atom stereocenters. The van der Waals surface area contributed by atoms with Gasteiger partial charge in [0.1, 0.15) is 32.8 Å². The van der Waals surface area contributed by atoms with Crippen LogP contribution in [0.2, 0.25) is 0 Å². The summed E-state index contributed by atoms with van der Waals surface area (Å²) in [5.41, 5.74) is 4.62. The van der Waals surface area contributed by atoms with Gasteiger partial charge in [0.15, 0.2) is 0 Å². The number of hydrogen-bond donors (Lipinski definition) is 2. The summed E-state index contributed by atoms with van der Waals surface area (Å²) in [5, 5.41) is 7.21. The van der Waals surface area contributed by atoms with Crippen molar-refractivity contribution in [3.63, 3.8) is 0 Å². The molecule has 0 spiro atoms. The van der Waals surface area contributed by atoms with E-state index >= 15 is 0 Å². The minimum atomic E-state index is -0.559. The molecule has 3 fully saturated rings. The van der Waals surface area contributed by atoms with Crippen molar-refractivity contribution in [1.82, 2.24) is 19.7 Å². The third-order valence-corrected chi connectivity index (χ3v) is 12.5. The third-order valence-electron chi connectivity index (χ3n) is 11.0. The van der Waals surface area contributed by atoms with E-state index < -0.39 is 28.9 Å². The predicted octanol–water partition coefficient (Wildman–Crippen LogP) is 12.8. The van der Waals surface area contributed by atoms with Gasteiger partial charge in [-0.05, 0) is 156 Å². The van der Waals surface area contributed by atoms with Crippen molar-refractivity contribution < 1.29 is 33.4 Å². The quantitative estimate of drug-likeness (QED) is 0.147. The van der Waals surface area contributed by atoms with Gasteiger partial charge in [-0.15, -0.1) is 11.3 Å². The smallest absolute Gasteiger partial charge is 0.410 e. The number of carbonyl (C=O) groups is 4. The molecule has 4 aromatic rings. The summed E-state index contributed by atoms with van der Waals surface area (Å²) in [6.45, 7) is 24.8. The SMILES string of the molecule is C.Cc1cccc2sc([C@@H]3CCCN3C(=O)OC(C)(C)C)nc12.Cc1ccccc1NC(=O)[C@@H]1CCCN1C(=O)OC(C)(C)C.Cc1ccccc1NC(=S)[C@@H]1CCCN1C(=O)OC(C)(C)C. The molecular weight excluding hydrogens is 885 g/mol. The van der Waals surface area contributed by atoms with Crippen LogP contribution in [0.1, 0.15) is 136 Å².